The maximum atomic E-state index is 11.6. The van der Waals surface area contributed by atoms with Crippen LogP contribution in [0.4, 0.5) is 0 Å². The van der Waals surface area contributed by atoms with Gasteiger partial charge in [-0.3, -0.25) is 9.59 Å². The zero-order valence-electron chi connectivity index (χ0n) is 9.44. The topological polar surface area (TPSA) is 69.7 Å². The second kappa shape index (κ2) is 5.12. The number of hydrogen-bond acceptors (Lipinski definition) is 5. The van der Waals surface area contributed by atoms with E-state index in [0.717, 1.165) is 25.7 Å². The van der Waals surface area contributed by atoms with Crippen LogP contribution in [0.2, 0.25) is 0 Å². The van der Waals surface area contributed by atoms with Crippen LogP contribution < -0.4 is 0 Å². The van der Waals surface area contributed by atoms with Gasteiger partial charge in [-0.15, -0.1) is 0 Å². The lowest BCUT2D eigenvalue weighted by Crippen LogP contribution is -2.19. The van der Waals surface area contributed by atoms with Crippen molar-refractivity contribution >= 4 is 17.9 Å². The van der Waals surface area contributed by atoms with E-state index < -0.39 is 17.9 Å². The molecule has 0 aromatic rings. The molecule has 0 aromatic carbocycles. The average molecular weight is 238 g/mol. The minimum atomic E-state index is -0.629. The van der Waals surface area contributed by atoms with E-state index in [2.05, 4.69) is 4.74 Å². The maximum Gasteiger partial charge on any atom is 0.333 e. The van der Waals surface area contributed by atoms with Gasteiger partial charge in [-0.25, -0.2) is 4.79 Å². The van der Waals surface area contributed by atoms with Gasteiger partial charge in [0.1, 0.15) is 12.5 Å². The summed E-state index contributed by atoms with van der Waals surface area (Å²) in [6.07, 6.45) is 5.60. The fourth-order valence-corrected chi connectivity index (χ4v) is 1.94. The first-order valence-corrected chi connectivity index (χ1v) is 5.77. The minimum absolute atomic E-state index is 0.00512. The van der Waals surface area contributed by atoms with Crippen LogP contribution in [-0.4, -0.2) is 24.5 Å². The van der Waals surface area contributed by atoms with Crippen LogP contribution in [0.3, 0.4) is 0 Å². The Morgan fingerprint density at radius 1 is 1.41 bits per heavy atom. The summed E-state index contributed by atoms with van der Waals surface area (Å²) >= 11 is 0. The molecule has 1 unspecified atom stereocenters. The first-order valence-electron chi connectivity index (χ1n) is 5.77. The van der Waals surface area contributed by atoms with E-state index in [9.17, 15) is 14.4 Å². The van der Waals surface area contributed by atoms with Crippen molar-refractivity contribution in [2.45, 2.75) is 32.1 Å². The molecule has 92 valence electrons. The summed E-state index contributed by atoms with van der Waals surface area (Å²) in [6, 6.07) is 0. The Labute approximate surface area is 98.8 Å². The van der Waals surface area contributed by atoms with E-state index in [1.807, 2.05) is 6.08 Å². The smallest absolute Gasteiger partial charge is 0.333 e. The molecule has 1 atom stereocenters. The van der Waals surface area contributed by atoms with Crippen molar-refractivity contribution in [1.82, 2.24) is 0 Å². The van der Waals surface area contributed by atoms with E-state index in [0.29, 0.717) is 5.57 Å². The van der Waals surface area contributed by atoms with Crippen molar-refractivity contribution in [1.29, 1.82) is 0 Å². The molecule has 1 fully saturated rings. The normalized spacial score (nSPS) is 24.2. The quantitative estimate of drug-likeness (QED) is 0.544. The summed E-state index contributed by atoms with van der Waals surface area (Å²) in [5, 5.41) is 0. The maximum absolute atomic E-state index is 11.6. The number of allylic oxidation sites excluding steroid dienone is 1. The zero-order valence-corrected chi connectivity index (χ0v) is 9.44. The van der Waals surface area contributed by atoms with Gasteiger partial charge in [0.15, 0.2) is 0 Å². The molecule has 0 N–H and O–H groups in total. The number of carbonyl (C=O) groups is 3. The summed E-state index contributed by atoms with van der Waals surface area (Å²) in [5.41, 5.74) is 0.675. The lowest BCUT2D eigenvalue weighted by molar-refractivity contribution is -0.153. The first-order chi connectivity index (χ1) is 8.16. The highest BCUT2D eigenvalue weighted by Gasteiger charge is 2.34. The summed E-state index contributed by atoms with van der Waals surface area (Å²) in [4.78, 5) is 33.6. The van der Waals surface area contributed by atoms with Crippen molar-refractivity contribution < 1.29 is 23.9 Å². The van der Waals surface area contributed by atoms with Crippen LogP contribution >= 0.6 is 0 Å². The molecule has 2 rings (SSSR count). The number of esters is 3. The zero-order chi connectivity index (χ0) is 12.3. The Morgan fingerprint density at radius 2 is 2.24 bits per heavy atom. The largest absolute Gasteiger partial charge is 0.461 e. The Kier molecular flexibility index (Phi) is 3.56. The van der Waals surface area contributed by atoms with Gasteiger partial charge < -0.3 is 9.47 Å². The van der Waals surface area contributed by atoms with E-state index >= 15 is 0 Å². The molecule has 2 aliphatic rings. The molecule has 1 saturated heterocycles. The number of rotatable bonds is 3. The summed E-state index contributed by atoms with van der Waals surface area (Å²) in [5.74, 6) is -2.15. The summed E-state index contributed by atoms with van der Waals surface area (Å²) in [6.45, 7) is -0.0687. The molecule has 1 aliphatic carbocycles. The number of hydrogen-bond donors (Lipinski definition) is 0. The van der Waals surface area contributed by atoms with Crippen LogP contribution in [0.5, 0.6) is 0 Å². The minimum Gasteiger partial charge on any atom is -0.461 e. The third-order valence-electron chi connectivity index (χ3n) is 2.93. The molecule has 0 amide bonds. The van der Waals surface area contributed by atoms with Crippen molar-refractivity contribution in [2.75, 3.05) is 6.61 Å². The molecule has 0 aromatic heterocycles. The monoisotopic (exact) mass is 238 g/mol. The standard InChI is InChI=1S/C12H14O5/c13-10-6-9(12(15)17-10)7-16-11(14)8-4-2-1-3-5-8/h4,9H,1-3,5-7H2. The van der Waals surface area contributed by atoms with Crippen LogP contribution in [0.1, 0.15) is 32.1 Å². The van der Waals surface area contributed by atoms with Gasteiger partial charge in [0, 0.05) is 5.57 Å². The lowest BCUT2D eigenvalue weighted by atomic mass is 10.00. The van der Waals surface area contributed by atoms with Gasteiger partial charge in [0.05, 0.1) is 6.42 Å². The summed E-state index contributed by atoms with van der Waals surface area (Å²) in [7, 11) is 0. The molecule has 0 saturated carbocycles. The fourth-order valence-electron chi connectivity index (χ4n) is 1.94. The van der Waals surface area contributed by atoms with Crippen molar-refractivity contribution in [3.05, 3.63) is 11.6 Å². The summed E-state index contributed by atoms with van der Waals surface area (Å²) < 4.78 is 9.39. The molecule has 0 radical (unpaired) electrons. The SMILES string of the molecule is O=C1CC(COC(=O)C2=CCCCC2)C(=O)O1. The third-order valence-corrected chi connectivity index (χ3v) is 2.93. The highest BCUT2D eigenvalue weighted by atomic mass is 16.6. The molecule has 17 heavy (non-hydrogen) atoms. The second-order valence-corrected chi connectivity index (χ2v) is 4.27. The van der Waals surface area contributed by atoms with Crippen LogP contribution in [0, 0.1) is 5.92 Å². The molecule has 0 spiro atoms. The van der Waals surface area contributed by atoms with Gasteiger partial charge in [0.25, 0.3) is 0 Å². The molecule has 5 heteroatoms. The van der Waals surface area contributed by atoms with Gasteiger partial charge in [-0.2, -0.15) is 0 Å². The average Bonchev–Trinajstić information content (AvgIpc) is 2.66. The Bertz CT molecular complexity index is 382. The Balaban J connectivity index is 1.82. The van der Waals surface area contributed by atoms with Crippen LogP contribution in [0.25, 0.3) is 0 Å². The number of cyclic esters (lactones) is 2. The molecule has 1 heterocycles. The highest BCUT2D eigenvalue weighted by molar-refractivity contribution is 5.95. The van der Waals surface area contributed by atoms with E-state index in [1.165, 1.54) is 0 Å². The Hall–Kier alpha value is -1.65. The van der Waals surface area contributed by atoms with Crippen LogP contribution in [-0.2, 0) is 23.9 Å². The van der Waals surface area contributed by atoms with Crippen molar-refractivity contribution in [3.8, 4) is 0 Å². The lowest BCUT2D eigenvalue weighted by Gasteiger charge is -2.12. The molecular weight excluding hydrogens is 224 g/mol. The molecule has 1 aliphatic heterocycles. The number of carbonyl (C=O) groups excluding carboxylic acids is 3. The number of ether oxygens (including phenoxy) is 2. The fraction of sp³-hybridized carbons (Fsp3) is 0.583. The predicted molar refractivity (Wildman–Crippen MR) is 56.7 cm³/mol. The van der Waals surface area contributed by atoms with Gasteiger partial charge >= 0.3 is 17.9 Å². The van der Waals surface area contributed by atoms with Crippen molar-refractivity contribution in [2.24, 2.45) is 5.92 Å². The molecular formula is C12H14O5. The van der Waals surface area contributed by atoms with Gasteiger partial charge in [-0.05, 0) is 25.7 Å². The second-order valence-electron chi connectivity index (χ2n) is 4.27. The molecule has 0 bridgehead atoms. The van der Waals surface area contributed by atoms with Gasteiger partial charge in [-0.1, -0.05) is 6.08 Å². The predicted octanol–water partition coefficient (Wildman–Crippen LogP) is 1.12. The van der Waals surface area contributed by atoms with E-state index in [1.54, 1.807) is 0 Å². The van der Waals surface area contributed by atoms with Crippen LogP contribution in [0.15, 0.2) is 11.6 Å². The van der Waals surface area contributed by atoms with Crippen molar-refractivity contribution in [3.63, 3.8) is 0 Å². The molecule has 5 nitrogen and oxygen atoms in total. The Morgan fingerprint density at radius 3 is 2.82 bits per heavy atom. The van der Waals surface area contributed by atoms with E-state index in [-0.39, 0.29) is 19.0 Å². The third kappa shape index (κ3) is 2.93. The first kappa shape index (κ1) is 11.8. The highest BCUT2D eigenvalue weighted by Crippen LogP contribution is 2.20. The van der Waals surface area contributed by atoms with Gasteiger partial charge in [0.2, 0.25) is 0 Å². The van der Waals surface area contributed by atoms with E-state index in [4.69, 9.17) is 4.74 Å².